The van der Waals surface area contributed by atoms with Crippen molar-refractivity contribution in [3.05, 3.63) is 16.9 Å². The van der Waals surface area contributed by atoms with Gasteiger partial charge in [-0.3, -0.25) is 4.68 Å². The smallest absolute Gasteiger partial charge is 0.259 e. The highest BCUT2D eigenvalue weighted by Crippen LogP contribution is 2.27. The van der Waals surface area contributed by atoms with Crippen molar-refractivity contribution in [3.8, 4) is 0 Å². The first-order valence-electron chi connectivity index (χ1n) is 5.83. The number of rotatable bonds is 8. The summed E-state index contributed by atoms with van der Waals surface area (Å²) in [6.45, 7) is 3.21. The molecule has 0 aliphatic rings. The first kappa shape index (κ1) is 15.3. The molecule has 0 fully saturated rings. The van der Waals surface area contributed by atoms with E-state index in [9.17, 15) is 8.78 Å². The summed E-state index contributed by atoms with van der Waals surface area (Å²) >= 11 is 5.94. The van der Waals surface area contributed by atoms with Gasteiger partial charge in [-0.15, -0.1) is 0 Å². The molecule has 1 aromatic rings. The van der Waals surface area contributed by atoms with Gasteiger partial charge in [0, 0.05) is 7.11 Å². The van der Waals surface area contributed by atoms with E-state index in [1.54, 1.807) is 7.11 Å². The lowest BCUT2D eigenvalue weighted by Crippen LogP contribution is -2.31. The summed E-state index contributed by atoms with van der Waals surface area (Å²) in [6, 6.07) is -1.10. The SMILES string of the molecule is CCCNC(c1c(Cl)cnn1CCOC)C(F)F. The standard InChI is InChI=1S/C11H18ClF2N3O/c1-3-4-15-9(11(13)14)10-8(12)7-16-17(10)5-6-18-2/h7,9,11,15H,3-6H2,1-2H3. The summed E-state index contributed by atoms with van der Waals surface area (Å²) < 4.78 is 32.5. The lowest BCUT2D eigenvalue weighted by Gasteiger charge is -2.19. The molecule has 0 aliphatic carbocycles. The zero-order chi connectivity index (χ0) is 13.5. The monoisotopic (exact) mass is 281 g/mol. The third-order valence-electron chi connectivity index (χ3n) is 2.50. The van der Waals surface area contributed by atoms with Gasteiger partial charge >= 0.3 is 0 Å². The van der Waals surface area contributed by atoms with Crippen molar-refractivity contribution >= 4 is 11.6 Å². The second-order valence-electron chi connectivity index (χ2n) is 3.86. The maximum Gasteiger partial charge on any atom is 0.259 e. The van der Waals surface area contributed by atoms with Crippen LogP contribution in [0.5, 0.6) is 0 Å². The summed E-state index contributed by atoms with van der Waals surface area (Å²) in [5, 5.41) is 7.04. The second-order valence-corrected chi connectivity index (χ2v) is 4.27. The van der Waals surface area contributed by atoms with Crippen LogP contribution in [0.1, 0.15) is 25.1 Å². The molecule has 0 saturated heterocycles. The molecule has 0 amide bonds. The topological polar surface area (TPSA) is 39.1 Å². The van der Waals surface area contributed by atoms with E-state index in [-0.39, 0.29) is 5.02 Å². The maximum absolute atomic E-state index is 13.1. The number of aromatic nitrogens is 2. The molecule has 0 bridgehead atoms. The number of nitrogens with one attached hydrogen (secondary N) is 1. The normalized spacial score (nSPS) is 13.2. The lowest BCUT2D eigenvalue weighted by atomic mass is 10.2. The van der Waals surface area contributed by atoms with Crippen molar-refractivity contribution in [2.45, 2.75) is 32.4 Å². The van der Waals surface area contributed by atoms with E-state index in [1.807, 2.05) is 6.92 Å². The van der Waals surface area contributed by atoms with Gasteiger partial charge in [0.1, 0.15) is 6.04 Å². The van der Waals surface area contributed by atoms with Crippen LogP contribution in [0, 0.1) is 0 Å². The zero-order valence-corrected chi connectivity index (χ0v) is 11.3. The summed E-state index contributed by atoms with van der Waals surface area (Å²) in [4.78, 5) is 0. The van der Waals surface area contributed by atoms with Gasteiger partial charge in [-0.05, 0) is 13.0 Å². The molecule has 1 N–H and O–H groups in total. The van der Waals surface area contributed by atoms with Crippen LogP contribution in [0.2, 0.25) is 5.02 Å². The van der Waals surface area contributed by atoms with Gasteiger partial charge in [0.05, 0.1) is 30.1 Å². The molecule has 1 heterocycles. The van der Waals surface area contributed by atoms with Crippen LogP contribution < -0.4 is 5.32 Å². The van der Waals surface area contributed by atoms with Gasteiger partial charge < -0.3 is 10.1 Å². The molecule has 1 atom stereocenters. The third kappa shape index (κ3) is 3.90. The minimum atomic E-state index is -2.54. The van der Waals surface area contributed by atoms with Crippen LogP contribution in [0.15, 0.2) is 6.20 Å². The van der Waals surface area contributed by atoms with Gasteiger partial charge in [0.15, 0.2) is 0 Å². The Hall–Kier alpha value is -0.720. The highest BCUT2D eigenvalue weighted by Gasteiger charge is 2.27. The minimum absolute atomic E-state index is 0.250. The van der Waals surface area contributed by atoms with Crippen LogP contribution in [-0.4, -0.2) is 36.5 Å². The summed E-state index contributed by atoms with van der Waals surface area (Å²) in [5.41, 5.74) is 0.317. The van der Waals surface area contributed by atoms with Gasteiger partial charge in [-0.2, -0.15) is 5.10 Å². The fraction of sp³-hybridized carbons (Fsp3) is 0.727. The molecule has 1 rings (SSSR count). The fourth-order valence-corrected chi connectivity index (χ4v) is 1.90. The molecular weight excluding hydrogens is 264 g/mol. The molecule has 4 nitrogen and oxygen atoms in total. The Labute approximate surface area is 110 Å². The predicted octanol–water partition coefficient (Wildman–Crippen LogP) is 2.49. The lowest BCUT2D eigenvalue weighted by molar-refractivity contribution is 0.0927. The summed E-state index contributed by atoms with van der Waals surface area (Å²) in [6.07, 6.45) is -0.380. The van der Waals surface area contributed by atoms with E-state index in [0.29, 0.717) is 25.4 Å². The number of nitrogens with zero attached hydrogens (tertiary/aromatic N) is 2. The zero-order valence-electron chi connectivity index (χ0n) is 10.5. The van der Waals surface area contributed by atoms with Crippen molar-refractivity contribution in [3.63, 3.8) is 0 Å². The number of ether oxygens (including phenoxy) is 1. The average molecular weight is 282 g/mol. The summed E-state index contributed by atoms with van der Waals surface area (Å²) in [7, 11) is 1.55. The Morgan fingerprint density at radius 3 is 2.83 bits per heavy atom. The molecule has 0 saturated carbocycles. The first-order valence-corrected chi connectivity index (χ1v) is 6.21. The Morgan fingerprint density at radius 2 is 2.28 bits per heavy atom. The van der Waals surface area contributed by atoms with Crippen molar-refractivity contribution in [2.75, 3.05) is 20.3 Å². The third-order valence-corrected chi connectivity index (χ3v) is 2.79. The number of alkyl halides is 2. The van der Waals surface area contributed by atoms with Crippen LogP contribution >= 0.6 is 11.6 Å². The van der Waals surface area contributed by atoms with E-state index in [0.717, 1.165) is 6.42 Å². The number of hydrogen-bond acceptors (Lipinski definition) is 3. The number of methoxy groups -OCH3 is 1. The first-order chi connectivity index (χ1) is 8.61. The molecular formula is C11H18ClF2N3O. The Balaban J connectivity index is 2.91. The van der Waals surface area contributed by atoms with Crippen LogP contribution in [0.4, 0.5) is 8.78 Å². The molecule has 18 heavy (non-hydrogen) atoms. The molecule has 0 aliphatic heterocycles. The van der Waals surface area contributed by atoms with Crippen LogP contribution in [0.25, 0.3) is 0 Å². The number of hydrogen-bond donors (Lipinski definition) is 1. The van der Waals surface area contributed by atoms with Gasteiger partial charge in [0.25, 0.3) is 6.43 Å². The highest BCUT2D eigenvalue weighted by molar-refractivity contribution is 6.31. The molecule has 104 valence electrons. The van der Waals surface area contributed by atoms with E-state index in [2.05, 4.69) is 10.4 Å². The van der Waals surface area contributed by atoms with Crippen molar-refractivity contribution in [2.24, 2.45) is 0 Å². The molecule has 0 spiro atoms. The van der Waals surface area contributed by atoms with Crippen LogP contribution in [-0.2, 0) is 11.3 Å². The minimum Gasteiger partial charge on any atom is -0.383 e. The Kier molecular flexibility index (Phi) is 6.52. The van der Waals surface area contributed by atoms with E-state index >= 15 is 0 Å². The van der Waals surface area contributed by atoms with Crippen molar-refractivity contribution < 1.29 is 13.5 Å². The van der Waals surface area contributed by atoms with Gasteiger partial charge in [0.2, 0.25) is 0 Å². The number of halogens is 3. The van der Waals surface area contributed by atoms with E-state index in [4.69, 9.17) is 16.3 Å². The molecule has 1 aromatic heterocycles. The highest BCUT2D eigenvalue weighted by atomic mass is 35.5. The van der Waals surface area contributed by atoms with Crippen LogP contribution in [0.3, 0.4) is 0 Å². The fourth-order valence-electron chi connectivity index (χ4n) is 1.64. The average Bonchev–Trinajstić information content (AvgIpc) is 2.69. The Bertz CT molecular complexity index is 360. The molecule has 1 unspecified atom stereocenters. The predicted molar refractivity (Wildman–Crippen MR) is 66.2 cm³/mol. The van der Waals surface area contributed by atoms with Crippen molar-refractivity contribution in [1.82, 2.24) is 15.1 Å². The largest absolute Gasteiger partial charge is 0.383 e. The van der Waals surface area contributed by atoms with E-state index < -0.39 is 12.5 Å². The maximum atomic E-state index is 13.1. The molecule has 0 radical (unpaired) electrons. The molecule has 0 aromatic carbocycles. The van der Waals surface area contributed by atoms with Crippen molar-refractivity contribution in [1.29, 1.82) is 0 Å². The molecule has 7 heteroatoms. The summed E-state index contributed by atoms with van der Waals surface area (Å²) in [5.74, 6) is 0. The quantitative estimate of drug-likeness (QED) is 0.796. The van der Waals surface area contributed by atoms with Gasteiger partial charge in [-0.25, -0.2) is 8.78 Å². The van der Waals surface area contributed by atoms with E-state index in [1.165, 1.54) is 10.9 Å². The van der Waals surface area contributed by atoms with Gasteiger partial charge in [-0.1, -0.05) is 18.5 Å². The Morgan fingerprint density at radius 1 is 1.56 bits per heavy atom. The second kappa shape index (κ2) is 7.66.